The van der Waals surface area contributed by atoms with Crippen molar-refractivity contribution in [1.29, 1.82) is 0 Å². The van der Waals surface area contributed by atoms with Crippen LogP contribution in [0.5, 0.6) is 0 Å². The first kappa shape index (κ1) is 12.6. The summed E-state index contributed by atoms with van der Waals surface area (Å²) in [5.41, 5.74) is 5.42. The van der Waals surface area contributed by atoms with Crippen molar-refractivity contribution in [3.63, 3.8) is 0 Å². The molecule has 0 saturated heterocycles. The normalized spacial score (nSPS) is 13.4. The highest BCUT2D eigenvalue weighted by molar-refractivity contribution is 7.80. The van der Waals surface area contributed by atoms with Crippen LogP contribution in [0.4, 0.5) is 0 Å². The lowest BCUT2D eigenvalue weighted by Gasteiger charge is -2.26. The molecule has 0 aliphatic rings. The maximum atomic E-state index is 5.42. The fourth-order valence-corrected chi connectivity index (χ4v) is 1.14. The van der Waals surface area contributed by atoms with Gasteiger partial charge < -0.3 is 16.0 Å². The van der Waals surface area contributed by atoms with Crippen LogP contribution in [-0.2, 0) is 0 Å². The Hall–Kier alpha value is -0.390. The predicted octanol–water partition coefficient (Wildman–Crippen LogP) is -0.341. The SMILES string of the molecule is CN(C)CCC(NC(N)=S)N(C)C. The van der Waals surface area contributed by atoms with Gasteiger partial charge in [-0.3, -0.25) is 4.90 Å². The maximum absolute atomic E-state index is 5.42. The van der Waals surface area contributed by atoms with E-state index < -0.39 is 0 Å². The second-order valence-electron chi connectivity index (χ2n) is 3.58. The van der Waals surface area contributed by atoms with Gasteiger partial charge in [0, 0.05) is 6.54 Å². The lowest BCUT2D eigenvalue weighted by atomic mass is 10.3. The molecule has 0 aliphatic carbocycles. The highest BCUT2D eigenvalue weighted by Crippen LogP contribution is 1.96. The van der Waals surface area contributed by atoms with E-state index in [2.05, 4.69) is 15.1 Å². The minimum Gasteiger partial charge on any atom is -0.376 e. The van der Waals surface area contributed by atoms with Crippen molar-refractivity contribution in [3.05, 3.63) is 0 Å². The van der Waals surface area contributed by atoms with E-state index in [1.807, 2.05) is 28.2 Å². The second-order valence-corrected chi connectivity index (χ2v) is 4.02. The molecular weight excluding hydrogens is 184 g/mol. The molecule has 0 bridgehead atoms. The number of rotatable bonds is 5. The Morgan fingerprint density at radius 1 is 1.38 bits per heavy atom. The van der Waals surface area contributed by atoms with E-state index in [4.69, 9.17) is 18.0 Å². The van der Waals surface area contributed by atoms with Crippen LogP contribution in [0.25, 0.3) is 0 Å². The quantitative estimate of drug-likeness (QED) is 0.474. The zero-order chi connectivity index (χ0) is 10.4. The third-order valence-corrected chi connectivity index (χ3v) is 1.90. The fraction of sp³-hybridized carbons (Fsp3) is 0.875. The molecule has 1 atom stereocenters. The second kappa shape index (κ2) is 6.12. The van der Waals surface area contributed by atoms with Gasteiger partial charge in [0.1, 0.15) is 0 Å². The topological polar surface area (TPSA) is 44.5 Å². The van der Waals surface area contributed by atoms with E-state index in [0.717, 1.165) is 13.0 Å². The summed E-state index contributed by atoms with van der Waals surface area (Å²) < 4.78 is 0. The summed E-state index contributed by atoms with van der Waals surface area (Å²) in [5.74, 6) is 0. The van der Waals surface area contributed by atoms with Gasteiger partial charge in [-0.25, -0.2) is 0 Å². The molecule has 78 valence electrons. The van der Waals surface area contributed by atoms with Crippen LogP contribution in [0.15, 0.2) is 0 Å². The highest BCUT2D eigenvalue weighted by atomic mass is 32.1. The van der Waals surface area contributed by atoms with Gasteiger partial charge in [0.25, 0.3) is 0 Å². The molecule has 0 rings (SSSR count). The van der Waals surface area contributed by atoms with Crippen molar-refractivity contribution < 1.29 is 0 Å². The highest BCUT2D eigenvalue weighted by Gasteiger charge is 2.10. The van der Waals surface area contributed by atoms with Crippen LogP contribution in [0.2, 0.25) is 0 Å². The van der Waals surface area contributed by atoms with Crippen LogP contribution in [0, 0.1) is 0 Å². The van der Waals surface area contributed by atoms with Crippen molar-refractivity contribution in [2.75, 3.05) is 34.7 Å². The molecule has 0 aromatic carbocycles. The predicted molar refractivity (Wildman–Crippen MR) is 60.6 cm³/mol. The van der Waals surface area contributed by atoms with Gasteiger partial charge in [-0.1, -0.05) is 0 Å². The summed E-state index contributed by atoms with van der Waals surface area (Å²) in [6, 6.07) is 0. The smallest absolute Gasteiger partial charge is 0.164 e. The van der Waals surface area contributed by atoms with Crippen molar-refractivity contribution in [2.45, 2.75) is 12.6 Å². The Bertz CT molecular complexity index is 158. The molecule has 0 saturated carbocycles. The molecule has 13 heavy (non-hydrogen) atoms. The lowest BCUT2D eigenvalue weighted by molar-refractivity contribution is 0.236. The van der Waals surface area contributed by atoms with Crippen molar-refractivity contribution in [3.8, 4) is 0 Å². The van der Waals surface area contributed by atoms with Crippen LogP contribution in [-0.4, -0.2) is 55.8 Å². The first-order chi connectivity index (χ1) is 5.93. The summed E-state index contributed by atoms with van der Waals surface area (Å²) in [6.45, 7) is 1.01. The molecule has 0 amide bonds. The Kier molecular flexibility index (Phi) is 5.94. The van der Waals surface area contributed by atoms with Gasteiger partial charge in [-0.05, 0) is 46.8 Å². The average molecular weight is 204 g/mol. The number of nitrogens with two attached hydrogens (primary N) is 1. The van der Waals surface area contributed by atoms with Crippen LogP contribution < -0.4 is 11.1 Å². The number of thiocarbonyl (C=S) groups is 1. The van der Waals surface area contributed by atoms with Crippen LogP contribution in [0.1, 0.15) is 6.42 Å². The van der Waals surface area contributed by atoms with E-state index in [1.54, 1.807) is 0 Å². The van der Waals surface area contributed by atoms with Crippen LogP contribution >= 0.6 is 12.2 Å². The third kappa shape index (κ3) is 6.74. The minimum atomic E-state index is 0.222. The van der Waals surface area contributed by atoms with E-state index >= 15 is 0 Å². The zero-order valence-corrected chi connectivity index (χ0v) is 9.69. The first-order valence-electron chi connectivity index (χ1n) is 4.30. The van der Waals surface area contributed by atoms with Crippen molar-refractivity contribution >= 4 is 17.3 Å². The number of nitrogens with zero attached hydrogens (tertiary/aromatic N) is 2. The Morgan fingerprint density at radius 3 is 2.23 bits per heavy atom. The fourth-order valence-electron chi connectivity index (χ4n) is 1.00. The first-order valence-corrected chi connectivity index (χ1v) is 4.71. The van der Waals surface area contributed by atoms with Gasteiger partial charge in [0.2, 0.25) is 0 Å². The monoisotopic (exact) mass is 204 g/mol. The van der Waals surface area contributed by atoms with Gasteiger partial charge in [-0.15, -0.1) is 0 Å². The molecule has 1 unspecified atom stereocenters. The standard InChI is InChI=1S/C8H20N4S/c1-11(2)6-5-7(12(3)4)10-8(9)13/h7H,5-6H2,1-4H3,(H3,9,10,13). The molecular formula is C8H20N4S. The summed E-state index contributed by atoms with van der Waals surface area (Å²) in [7, 11) is 8.11. The van der Waals surface area contributed by atoms with Crippen LogP contribution in [0.3, 0.4) is 0 Å². The molecule has 0 spiro atoms. The number of hydrogen-bond donors (Lipinski definition) is 2. The zero-order valence-electron chi connectivity index (χ0n) is 8.87. The Balaban J connectivity index is 3.88. The lowest BCUT2D eigenvalue weighted by Crippen LogP contribution is -2.47. The van der Waals surface area contributed by atoms with Gasteiger partial charge >= 0.3 is 0 Å². The summed E-state index contributed by atoms with van der Waals surface area (Å²) >= 11 is 4.80. The largest absolute Gasteiger partial charge is 0.376 e. The van der Waals surface area contributed by atoms with Gasteiger partial charge in [0.05, 0.1) is 6.17 Å². The molecule has 4 nitrogen and oxygen atoms in total. The molecule has 0 heterocycles. The van der Waals surface area contributed by atoms with E-state index in [-0.39, 0.29) is 6.17 Å². The summed E-state index contributed by atoms with van der Waals surface area (Å²) in [5, 5.41) is 3.40. The Morgan fingerprint density at radius 2 is 1.92 bits per heavy atom. The van der Waals surface area contributed by atoms with E-state index in [1.165, 1.54) is 0 Å². The maximum Gasteiger partial charge on any atom is 0.164 e. The molecule has 0 aromatic rings. The van der Waals surface area contributed by atoms with Crippen molar-refractivity contribution in [1.82, 2.24) is 15.1 Å². The molecule has 0 aromatic heterocycles. The van der Waals surface area contributed by atoms with Gasteiger partial charge in [-0.2, -0.15) is 0 Å². The number of hydrogen-bond acceptors (Lipinski definition) is 3. The Labute approximate surface area is 86.1 Å². The van der Waals surface area contributed by atoms with Crippen molar-refractivity contribution in [2.24, 2.45) is 5.73 Å². The third-order valence-electron chi connectivity index (χ3n) is 1.78. The molecule has 0 radical (unpaired) electrons. The van der Waals surface area contributed by atoms with E-state index in [9.17, 15) is 0 Å². The average Bonchev–Trinajstić information content (AvgIpc) is 1.96. The van der Waals surface area contributed by atoms with Gasteiger partial charge in [0.15, 0.2) is 5.11 Å². The molecule has 3 N–H and O–H groups in total. The summed E-state index contributed by atoms with van der Waals surface area (Å²) in [6.07, 6.45) is 1.22. The molecule has 5 heteroatoms. The summed E-state index contributed by atoms with van der Waals surface area (Å²) in [4.78, 5) is 4.21. The molecule has 0 fully saturated rings. The molecule has 0 aliphatic heterocycles. The minimum absolute atomic E-state index is 0.222. The van der Waals surface area contributed by atoms with E-state index in [0.29, 0.717) is 5.11 Å². The number of nitrogens with one attached hydrogen (secondary N) is 1.